The highest BCUT2D eigenvalue weighted by Crippen LogP contribution is 2.22. The Labute approximate surface area is 119 Å². The molecule has 0 aliphatic rings. The summed E-state index contributed by atoms with van der Waals surface area (Å²) in [6, 6.07) is 6.15. The fraction of sp³-hybridized carbons (Fsp3) is 0. The highest BCUT2D eigenvalue weighted by atomic mass is 35.5. The molecular formula is C11H7Cl2FN2O2S. The monoisotopic (exact) mass is 320 g/mol. The SMILES string of the molecule is O=S(=O)(Nc1cc(Cl)ccc1F)c1ccc(Cl)nc1. The van der Waals surface area contributed by atoms with Crippen LogP contribution in [0.1, 0.15) is 0 Å². The summed E-state index contributed by atoms with van der Waals surface area (Å²) in [5.74, 6) is -0.727. The predicted octanol–water partition coefficient (Wildman–Crippen LogP) is 3.33. The zero-order valence-electron chi connectivity index (χ0n) is 9.27. The van der Waals surface area contributed by atoms with E-state index in [0.717, 1.165) is 12.3 Å². The zero-order valence-corrected chi connectivity index (χ0v) is 11.6. The summed E-state index contributed by atoms with van der Waals surface area (Å²) >= 11 is 11.2. The topological polar surface area (TPSA) is 59.1 Å². The van der Waals surface area contributed by atoms with Crippen LogP contribution in [0.4, 0.5) is 10.1 Å². The van der Waals surface area contributed by atoms with Crippen LogP contribution in [-0.2, 0) is 10.0 Å². The molecule has 1 aromatic heterocycles. The second-order valence-electron chi connectivity index (χ2n) is 3.55. The van der Waals surface area contributed by atoms with Crippen molar-refractivity contribution in [3.05, 3.63) is 52.5 Å². The Bertz CT molecular complexity index is 705. The lowest BCUT2D eigenvalue weighted by Crippen LogP contribution is -2.14. The van der Waals surface area contributed by atoms with E-state index in [0.29, 0.717) is 0 Å². The minimum absolute atomic E-state index is 0.128. The van der Waals surface area contributed by atoms with Crippen molar-refractivity contribution in [3.8, 4) is 0 Å². The molecule has 0 saturated carbocycles. The summed E-state index contributed by atoms with van der Waals surface area (Å²) in [5, 5.41) is 0.376. The van der Waals surface area contributed by atoms with Crippen molar-refractivity contribution in [2.75, 3.05) is 4.72 Å². The van der Waals surface area contributed by atoms with Gasteiger partial charge in [-0.3, -0.25) is 4.72 Å². The van der Waals surface area contributed by atoms with Crippen molar-refractivity contribution in [1.29, 1.82) is 0 Å². The van der Waals surface area contributed by atoms with Gasteiger partial charge in [0.05, 0.1) is 5.69 Å². The van der Waals surface area contributed by atoms with Gasteiger partial charge in [-0.05, 0) is 30.3 Å². The van der Waals surface area contributed by atoms with Crippen LogP contribution in [0.3, 0.4) is 0 Å². The van der Waals surface area contributed by atoms with Crippen molar-refractivity contribution in [2.24, 2.45) is 0 Å². The number of rotatable bonds is 3. The summed E-state index contributed by atoms with van der Waals surface area (Å²) in [4.78, 5) is 3.53. The number of anilines is 1. The number of pyridine rings is 1. The Morgan fingerprint density at radius 3 is 2.53 bits per heavy atom. The molecular weight excluding hydrogens is 314 g/mol. The van der Waals surface area contributed by atoms with Crippen LogP contribution in [-0.4, -0.2) is 13.4 Å². The minimum atomic E-state index is -3.94. The van der Waals surface area contributed by atoms with Gasteiger partial charge in [0.25, 0.3) is 10.0 Å². The molecule has 2 rings (SSSR count). The number of sulfonamides is 1. The van der Waals surface area contributed by atoms with E-state index in [9.17, 15) is 12.8 Å². The third kappa shape index (κ3) is 3.34. The maximum Gasteiger partial charge on any atom is 0.263 e. The summed E-state index contributed by atoms with van der Waals surface area (Å²) in [5.41, 5.74) is -0.234. The van der Waals surface area contributed by atoms with Crippen LogP contribution in [0.25, 0.3) is 0 Å². The normalized spacial score (nSPS) is 11.3. The second-order valence-corrected chi connectivity index (χ2v) is 6.05. The molecule has 1 heterocycles. The first-order chi connectivity index (χ1) is 8.88. The molecule has 0 bridgehead atoms. The van der Waals surface area contributed by atoms with Gasteiger partial charge in [-0.25, -0.2) is 17.8 Å². The van der Waals surface area contributed by atoms with Crippen molar-refractivity contribution < 1.29 is 12.8 Å². The number of nitrogens with one attached hydrogen (secondary N) is 1. The number of benzene rings is 1. The molecule has 0 aliphatic carbocycles. The number of hydrogen-bond donors (Lipinski definition) is 1. The third-order valence-corrected chi connectivity index (χ3v) is 3.99. The van der Waals surface area contributed by atoms with Crippen LogP contribution >= 0.6 is 23.2 Å². The molecule has 1 aromatic carbocycles. The van der Waals surface area contributed by atoms with Crippen molar-refractivity contribution in [1.82, 2.24) is 4.98 Å². The Kier molecular flexibility index (Phi) is 3.93. The fourth-order valence-corrected chi connectivity index (χ4v) is 2.59. The first kappa shape index (κ1) is 14.0. The first-order valence-corrected chi connectivity index (χ1v) is 7.22. The molecule has 19 heavy (non-hydrogen) atoms. The maximum absolute atomic E-state index is 13.5. The molecule has 0 amide bonds. The van der Waals surface area contributed by atoms with Gasteiger partial charge >= 0.3 is 0 Å². The zero-order chi connectivity index (χ0) is 14.0. The molecule has 2 aromatic rings. The summed E-state index contributed by atoms with van der Waals surface area (Å²) in [6.07, 6.45) is 1.08. The first-order valence-electron chi connectivity index (χ1n) is 4.98. The van der Waals surface area contributed by atoms with Crippen LogP contribution in [0, 0.1) is 5.82 Å². The molecule has 4 nitrogen and oxygen atoms in total. The van der Waals surface area contributed by atoms with Crippen molar-refractivity contribution >= 4 is 38.9 Å². The van der Waals surface area contributed by atoms with Crippen LogP contribution < -0.4 is 4.72 Å². The Hall–Kier alpha value is -1.37. The maximum atomic E-state index is 13.5. The number of halogens is 3. The lowest BCUT2D eigenvalue weighted by atomic mass is 10.3. The van der Waals surface area contributed by atoms with Crippen LogP contribution in [0.5, 0.6) is 0 Å². The van der Waals surface area contributed by atoms with Crippen molar-refractivity contribution in [2.45, 2.75) is 4.90 Å². The Morgan fingerprint density at radius 2 is 1.89 bits per heavy atom. The van der Waals surface area contributed by atoms with Gasteiger partial charge in [-0.1, -0.05) is 23.2 Å². The van der Waals surface area contributed by atoms with Gasteiger partial charge in [0.15, 0.2) is 0 Å². The predicted molar refractivity (Wildman–Crippen MR) is 71.5 cm³/mol. The van der Waals surface area contributed by atoms with E-state index in [4.69, 9.17) is 23.2 Å². The van der Waals surface area contributed by atoms with E-state index >= 15 is 0 Å². The number of hydrogen-bond acceptors (Lipinski definition) is 3. The Morgan fingerprint density at radius 1 is 1.16 bits per heavy atom. The number of nitrogens with zero attached hydrogens (tertiary/aromatic N) is 1. The smallest absolute Gasteiger partial charge is 0.263 e. The third-order valence-electron chi connectivity index (χ3n) is 2.18. The molecule has 0 radical (unpaired) electrons. The van der Waals surface area contributed by atoms with E-state index < -0.39 is 15.8 Å². The lowest BCUT2D eigenvalue weighted by Gasteiger charge is -2.09. The fourth-order valence-electron chi connectivity index (χ4n) is 1.30. The van der Waals surface area contributed by atoms with Gasteiger partial charge in [0.1, 0.15) is 15.9 Å². The highest BCUT2D eigenvalue weighted by molar-refractivity contribution is 7.92. The minimum Gasteiger partial charge on any atom is -0.277 e. The second kappa shape index (κ2) is 5.32. The largest absolute Gasteiger partial charge is 0.277 e. The van der Waals surface area contributed by atoms with Gasteiger partial charge < -0.3 is 0 Å². The summed E-state index contributed by atoms with van der Waals surface area (Å²) < 4.78 is 39.5. The quantitative estimate of drug-likeness (QED) is 0.882. The van der Waals surface area contributed by atoms with Crippen LogP contribution in [0.15, 0.2) is 41.4 Å². The van der Waals surface area contributed by atoms with Gasteiger partial charge in [-0.2, -0.15) is 0 Å². The molecule has 0 unspecified atom stereocenters. The molecule has 0 atom stereocenters. The standard InChI is InChI=1S/C11H7Cl2FN2O2S/c12-7-1-3-9(14)10(5-7)16-19(17,18)8-2-4-11(13)15-6-8/h1-6,16H. The average Bonchev–Trinajstić information content (AvgIpc) is 2.34. The summed E-state index contributed by atoms with van der Waals surface area (Å²) in [7, 11) is -3.94. The molecule has 100 valence electrons. The lowest BCUT2D eigenvalue weighted by molar-refractivity contribution is 0.598. The van der Waals surface area contributed by atoms with Gasteiger partial charge in [0.2, 0.25) is 0 Å². The molecule has 1 N–H and O–H groups in total. The Balaban J connectivity index is 2.36. The summed E-state index contributed by atoms with van der Waals surface area (Å²) in [6.45, 7) is 0. The molecule has 0 fully saturated rings. The molecule has 0 saturated heterocycles. The van der Waals surface area contributed by atoms with E-state index in [2.05, 4.69) is 9.71 Å². The van der Waals surface area contributed by atoms with Crippen LogP contribution in [0.2, 0.25) is 10.2 Å². The average molecular weight is 321 g/mol. The van der Waals surface area contributed by atoms with E-state index in [1.165, 1.54) is 24.3 Å². The van der Waals surface area contributed by atoms with E-state index in [-0.39, 0.29) is 20.8 Å². The highest BCUT2D eigenvalue weighted by Gasteiger charge is 2.16. The number of aromatic nitrogens is 1. The molecule has 0 aliphatic heterocycles. The van der Waals surface area contributed by atoms with Gasteiger partial charge in [-0.15, -0.1) is 0 Å². The van der Waals surface area contributed by atoms with E-state index in [1.807, 2.05) is 0 Å². The van der Waals surface area contributed by atoms with E-state index in [1.54, 1.807) is 0 Å². The molecule has 8 heteroatoms. The molecule has 0 spiro atoms. The van der Waals surface area contributed by atoms with Gasteiger partial charge in [0, 0.05) is 11.2 Å². The van der Waals surface area contributed by atoms with Crippen molar-refractivity contribution in [3.63, 3.8) is 0 Å².